The maximum atomic E-state index is 12.7. The minimum atomic E-state index is 0.105. The van der Waals surface area contributed by atoms with Crippen LogP contribution in [0.5, 0.6) is 0 Å². The summed E-state index contributed by atoms with van der Waals surface area (Å²) in [4.78, 5) is 20.1. The quantitative estimate of drug-likeness (QED) is 0.918. The molecule has 24 heavy (non-hydrogen) atoms. The van der Waals surface area contributed by atoms with E-state index in [9.17, 15) is 4.79 Å². The van der Waals surface area contributed by atoms with Crippen LogP contribution in [0.2, 0.25) is 0 Å². The first-order valence-corrected chi connectivity index (χ1v) is 9.20. The monoisotopic (exact) mass is 341 g/mol. The van der Waals surface area contributed by atoms with Crippen LogP contribution < -0.4 is 5.32 Å². The van der Waals surface area contributed by atoms with Gasteiger partial charge in [-0.3, -0.25) is 4.79 Å². The van der Waals surface area contributed by atoms with Crippen molar-refractivity contribution in [3.05, 3.63) is 53.7 Å². The van der Waals surface area contributed by atoms with Crippen LogP contribution in [0.3, 0.4) is 0 Å². The summed E-state index contributed by atoms with van der Waals surface area (Å²) in [5.74, 6) is 0.832. The van der Waals surface area contributed by atoms with Crippen LogP contribution in [-0.4, -0.2) is 41.2 Å². The fraction of sp³-hybridized carbons (Fsp3) is 0.368. The molecule has 1 N–H and O–H groups in total. The van der Waals surface area contributed by atoms with Crippen molar-refractivity contribution in [2.75, 3.05) is 25.5 Å². The molecule has 0 bridgehead atoms. The Morgan fingerprint density at radius 2 is 2.00 bits per heavy atom. The van der Waals surface area contributed by atoms with Crippen molar-refractivity contribution in [3.8, 4) is 0 Å². The van der Waals surface area contributed by atoms with Gasteiger partial charge in [-0.15, -0.1) is 11.8 Å². The Morgan fingerprint density at radius 3 is 2.71 bits per heavy atom. The molecule has 1 saturated heterocycles. The average molecular weight is 341 g/mol. The lowest BCUT2D eigenvalue weighted by Gasteiger charge is -2.32. The van der Waals surface area contributed by atoms with Crippen molar-refractivity contribution in [3.63, 3.8) is 0 Å². The van der Waals surface area contributed by atoms with E-state index >= 15 is 0 Å². The van der Waals surface area contributed by atoms with Gasteiger partial charge in [-0.25, -0.2) is 4.98 Å². The Labute approximate surface area is 147 Å². The number of carbonyl (C=O) groups excluding carboxylic acids is 1. The second-order valence-corrected chi connectivity index (χ2v) is 7.40. The van der Waals surface area contributed by atoms with E-state index in [4.69, 9.17) is 0 Å². The lowest BCUT2D eigenvalue weighted by Crippen LogP contribution is -2.39. The van der Waals surface area contributed by atoms with Gasteiger partial charge in [0.05, 0.1) is 0 Å². The van der Waals surface area contributed by atoms with Crippen molar-refractivity contribution in [2.24, 2.45) is 0 Å². The van der Waals surface area contributed by atoms with Crippen molar-refractivity contribution in [1.82, 2.24) is 9.88 Å². The molecular weight excluding hydrogens is 318 g/mol. The number of amides is 1. The Bertz CT molecular complexity index is 711. The molecule has 0 saturated carbocycles. The summed E-state index contributed by atoms with van der Waals surface area (Å²) < 4.78 is 0. The van der Waals surface area contributed by atoms with Crippen molar-refractivity contribution < 1.29 is 4.79 Å². The smallest absolute Gasteiger partial charge is 0.254 e. The molecule has 0 unspecified atom stereocenters. The Balaban J connectivity index is 1.58. The molecule has 4 nitrogen and oxygen atoms in total. The summed E-state index contributed by atoms with van der Waals surface area (Å²) in [5, 5.41) is 3.56. The van der Waals surface area contributed by atoms with Crippen LogP contribution in [0.25, 0.3) is 0 Å². The van der Waals surface area contributed by atoms with E-state index in [0.717, 1.165) is 31.7 Å². The summed E-state index contributed by atoms with van der Waals surface area (Å²) in [7, 11) is 1.81. The van der Waals surface area contributed by atoms with Crippen LogP contribution in [-0.2, 0) is 0 Å². The van der Waals surface area contributed by atoms with Gasteiger partial charge in [0.2, 0.25) is 0 Å². The van der Waals surface area contributed by atoms with Gasteiger partial charge in [0, 0.05) is 42.0 Å². The fourth-order valence-corrected chi connectivity index (χ4v) is 4.14. The SMILES string of the molecule is CNc1cc(C(=O)N2CCC(Sc3ccccc3C)CC2)ccn1. The van der Waals surface area contributed by atoms with E-state index in [1.807, 2.05) is 29.8 Å². The first-order chi connectivity index (χ1) is 11.7. The number of thioether (sulfide) groups is 1. The van der Waals surface area contributed by atoms with Crippen LogP contribution >= 0.6 is 11.8 Å². The van der Waals surface area contributed by atoms with E-state index < -0.39 is 0 Å². The van der Waals surface area contributed by atoms with Crippen LogP contribution in [0.1, 0.15) is 28.8 Å². The average Bonchev–Trinajstić information content (AvgIpc) is 2.64. The molecule has 2 aromatic rings. The molecule has 0 atom stereocenters. The Hall–Kier alpha value is -2.01. The summed E-state index contributed by atoms with van der Waals surface area (Å²) in [6, 6.07) is 12.1. The van der Waals surface area contributed by atoms with Gasteiger partial charge in [0.25, 0.3) is 5.91 Å². The van der Waals surface area contributed by atoms with E-state index in [-0.39, 0.29) is 5.91 Å². The number of hydrogen-bond acceptors (Lipinski definition) is 4. The van der Waals surface area contributed by atoms with Gasteiger partial charge in [-0.2, -0.15) is 0 Å². The third-order valence-corrected chi connectivity index (χ3v) is 5.90. The van der Waals surface area contributed by atoms with Crippen LogP contribution in [0, 0.1) is 6.92 Å². The molecule has 1 amide bonds. The molecule has 2 heterocycles. The molecule has 1 aromatic carbocycles. The predicted octanol–water partition coefficient (Wildman–Crippen LogP) is 3.83. The normalized spacial score (nSPS) is 15.3. The zero-order chi connectivity index (χ0) is 16.9. The molecule has 1 aliphatic heterocycles. The lowest BCUT2D eigenvalue weighted by atomic mass is 10.1. The van der Waals surface area contributed by atoms with E-state index in [1.54, 1.807) is 12.3 Å². The maximum absolute atomic E-state index is 12.7. The molecule has 1 aromatic heterocycles. The molecule has 0 spiro atoms. The molecule has 126 valence electrons. The molecular formula is C19H23N3OS. The van der Waals surface area contributed by atoms with Gasteiger partial charge in [0.1, 0.15) is 5.82 Å². The molecule has 5 heteroatoms. The second-order valence-electron chi connectivity index (χ2n) is 6.05. The molecule has 0 aliphatic carbocycles. The van der Waals surface area contributed by atoms with E-state index in [2.05, 4.69) is 41.5 Å². The summed E-state index contributed by atoms with van der Waals surface area (Å²) >= 11 is 1.95. The minimum absolute atomic E-state index is 0.105. The number of rotatable bonds is 4. The van der Waals surface area contributed by atoms with Gasteiger partial charge in [-0.05, 0) is 43.5 Å². The van der Waals surface area contributed by atoms with Gasteiger partial charge < -0.3 is 10.2 Å². The van der Waals surface area contributed by atoms with Crippen molar-refractivity contribution >= 4 is 23.5 Å². The number of nitrogens with zero attached hydrogens (tertiary/aromatic N) is 2. The maximum Gasteiger partial charge on any atom is 0.254 e. The number of anilines is 1. The number of aromatic nitrogens is 1. The highest BCUT2D eigenvalue weighted by Gasteiger charge is 2.24. The predicted molar refractivity (Wildman–Crippen MR) is 99.7 cm³/mol. The topological polar surface area (TPSA) is 45.2 Å². The van der Waals surface area contributed by atoms with E-state index in [0.29, 0.717) is 10.8 Å². The number of piperidine rings is 1. The zero-order valence-corrected chi connectivity index (χ0v) is 15.0. The lowest BCUT2D eigenvalue weighted by molar-refractivity contribution is 0.0727. The zero-order valence-electron chi connectivity index (χ0n) is 14.2. The Kier molecular flexibility index (Phi) is 5.41. The summed E-state index contributed by atoms with van der Waals surface area (Å²) in [5.41, 5.74) is 2.04. The van der Waals surface area contributed by atoms with Gasteiger partial charge in [0.15, 0.2) is 0 Å². The highest BCUT2D eigenvalue weighted by atomic mass is 32.2. The molecule has 3 rings (SSSR count). The minimum Gasteiger partial charge on any atom is -0.373 e. The highest BCUT2D eigenvalue weighted by molar-refractivity contribution is 8.00. The van der Waals surface area contributed by atoms with Crippen LogP contribution in [0.15, 0.2) is 47.5 Å². The highest BCUT2D eigenvalue weighted by Crippen LogP contribution is 2.32. The number of aryl methyl sites for hydroxylation is 1. The number of pyridine rings is 1. The second kappa shape index (κ2) is 7.71. The molecule has 0 radical (unpaired) electrons. The first-order valence-electron chi connectivity index (χ1n) is 8.33. The summed E-state index contributed by atoms with van der Waals surface area (Å²) in [6.45, 7) is 3.79. The standard InChI is InChI=1S/C19H23N3OS/c1-14-5-3-4-6-17(14)24-16-8-11-22(12-9-16)19(23)15-7-10-21-18(13-15)20-2/h3-7,10,13,16H,8-9,11-12H2,1-2H3,(H,20,21). The third kappa shape index (κ3) is 3.90. The van der Waals surface area contributed by atoms with Crippen LogP contribution in [0.4, 0.5) is 5.82 Å². The van der Waals surface area contributed by atoms with Gasteiger partial charge >= 0.3 is 0 Å². The third-order valence-electron chi connectivity index (χ3n) is 4.38. The number of hydrogen-bond donors (Lipinski definition) is 1. The largest absolute Gasteiger partial charge is 0.373 e. The van der Waals surface area contributed by atoms with E-state index in [1.165, 1.54) is 10.5 Å². The molecule has 1 fully saturated rings. The number of likely N-dealkylation sites (tertiary alicyclic amines) is 1. The first kappa shape index (κ1) is 16.8. The Morgan fingerprint density at radius 1 is 1.25 bits per heavy atom. The summed E-state index contributed by atoms with van der Waals surface area (Å²) in [6.07, 6.45) is 3.75. The molecule has 1 aliphatic rings. The fourth-order valence-electron chi connectivity index (χ4n) is 2.93. The van der Waals surface area contributed by atoms with Crippen molar-refractivity contribution in [2.45, 2.75) is 29.9 Å². The van der Waals surface area contributed by atoms with Crippen molar-refractivity contribution in [1.29, 1.82) is 0 Å². The number of benzene rings is 1. The number of carbonyl (C=O) groups is 1. The van der Waals surface area contributed by atoms with Gasteiger partial charge in [-0.1, -0.05) is 18.2 Å². The number of nitrogens with one attached hydrogen (secondary N) is 1.